The molecule has 64 valence electrons. The molecule has 0 fully saturated rings. The molecule has 1 heterocycles. The lowest BCUT2D eigenvalue weighted by atomic mass is 10.1. The lowest BCUT2D eigenvalue weighted by Crippen LogP contribution is -2.17. The summed E-state index contributed by atoms with van der Waals surface area (Å²) in [6, 6.07) is 5.13. The van der Waals surface area contributed by atoms with Crippen molar-refractivity contribution in [3.05, 3.63) is 29.6 Å². The predicted octanol–water partition coefficient (Wildman–Crippen LogP) is 1.34. The number of fused-ring (bicyclic) bond motifs is 1. The van der Waals surface area contributed by atoms with Crippen LogP contribution >= 0.6 is 0 Å². The van der Waals surface area contributed by atoms with Crippen LogP contribution in [0.5, 0.6) is 0 Å². The molecule has 0 saturated carbocycles. The summed E-state index contributed by atoms with van der Waals surface area (Å²) < 4.78 is 13.2. The van der Waals surface area contributed by atoms with E-state index in [0.29, 0.717) is 6.54 Å². The predicted molar refractivity (Wildman–Crippen MR) is 46.6 cm³/mol. The average Bonchev–Trinajstić information content (AvgIpc) is 2.30. The van der Waals surface area contributed by atoms with Gasteiger partial charge < -0.3 is 10.6 Å². The molecule has 0 amide bonds. The molecule has 0 aromatic heterocycles. The number of hydrogen-bond donors (Lipinski definition) is 2. The maximum absolute atomic E-state index is 13.2. The Bertz CT molecular complexity index is 286. The van der Waals surface area contributed by atoms with E-state index in [-0.39, 0.29) is 5.82 Å². The molecule has 0 radical (unpaired) electrons. The molecule has 1 aromatic rings. The van der Waals surface area contributed by atoms with Crippen LogP contribution in [0.3, 0.4) is 0 Å². The van der Waals surface area contributed by atoms with Crippen LogP contribution in [0.25, 0.3) is 0 Å². The second-order valence-corrected chi connectivity index (χ2v) is 2.87. The van der Waals surface area contributed by atoms with Gasteiger partial charge in [0.25, 0.3) is 0 Å². The molecule has 0 aliphatic carbocycles. The van der Waals surface area contributed by atoms with Crippen LogP contribution in [0.4, 0.5) is 10.1 Å². The first-order valence-corrected chi connectivity index (χ1v) is 4.10. The van der Waals surface area contributed by atoms with Gasteiger partial charge in [-0.05, 0) is 12.1 Å². The van der Waals surface area contributed by atoms with Gasteiger partial charge in [0, 0.05) is 30.9 Å². The first-order chi connectivity index (χ1) is 5.88. The number of benzene rings is 1. The fraction of sp³-hybridized carbons (Fsp3) is 0.333. The molecular weight excluding hydrogens is 155 g/mol. The topological polar surface area (TPSA) is 24.1 Å². The van der Waals surface area contributed by atoms with Gasteiger partial charge in [0.2, 0.25) is 0 Å². The Labute approximate surface area is 70.8 Å². The lowest BCUT2D eigenvalue weighted by Gasteiger charge is -2.06. The Morgan fingerprint density at radius 3 is 3.08 bits per heavy atom. The number of nitrogens with one attached hydrogen (secondary N) is 2. The monoisotopic (exact) mass is 166 g/mol. The molecule has 0 atom stereocenters. The number of hydrogen-bond acceptors (Lipinski definition) is 2. The van der Waals surface area contributed by atoms with Gasteiger partial charge in [-0.15, -0.1) is 0 Å². The van der Waals surface area contributed by atoms with Gasteiger partial charge in [-0.2, -0.15) is 0 Å². The number of halogens is 1. The highest BCUT2D eigenvalue weighted by molar-refractivity contribution is 5.52. The lowest BCUT2D eigenvalue weighted by molar-refractivity contribution is 0.598. The van der Waals surface area contributed by atoms with E-state index in [4.69, 9.17) is 0 Å². The van der Waals surface area contributed by atoms with E-state index in [1.807, 2.05) is 6.07 Å². The molecular formula is C9H11FN2. The van der Waals surface area contributed by atoms with E-state index in [1.165, 1.54) is 6.07 Å². The molecule has 2 rings (SSSR count). The molecule has 2 N–H and O–H groups in total. The van der Waals surface area contributed by atoms with E-state index >= 15 is 0 Å². The Morgan fingerprint density at radius 1 is 1.25 bits per heavy atom. The summed E-state index contributed by atoms with van der Waals surface area (Å²) in [5, 5.41) is 6.31. The van der Waals surface area contributed by atoms with Crippen molar-refractivity contribution >= 4 is 5.69 Å². The summed E-state index contributed by atoms with van der Waals surface area (Å²) in [4.78, 5) is 0. The van der Waals surface area contributed by atoms with Crippen molar-refractivity contribution in [1.82, 2.24) is 5.32 Å². The fourth-order valence-electron chi connectivity index (χ4n) is 1.40. The van der Waals surface area contributed by atoms with Crippen LogP contribution in [0.2, 0.25) is 0 Å². The summed E-state index contributed by atoms with van der Waals surface area (Å²) in [5.41, 5.74) is 1.66. The molecule has 0 spiro atoms. The van der Waals surface area contributed by atoms with Crippen LogP contribution in [0.15, 0.2) is 18.2 Å². The summed E-state index contributed by atoms with van der Waals surface area (Å²) in [7, 11) is 0. The highest BCUT2D eigenvalue weighted by Gasteiger charge is 2.09. The Kier molecular flexibility index (Phi) is 1.96. The molecule has 1 aromatic carbocycles. The third-order valence-electron chi connectivity index (χ3n) is 2.04. The van der Waals surface area contributed by atoms with E-state index in [9.17, 15) is 4.39 Å². The van der Waals surface area contributed by atoms with Gasteiger partial charge in [-0.1, -0.05) is 6.07 Å². The Hall–Kier alpha value is -1.09. The first kappa shape index (κ1) is 7.55. The largest absolute Gasteiger partial charge is 0.383 e. The fourth-order valence-corrected chi connectivity index (χ4v) is 1.40. The SMILES string of the molecule is Fc1cccc2c1CNCCN2. The van der Waals surface area contributed by atoms with Crippen LogP contribution in [-0.2, 0) is 6.54 Å². The van der Waals surface area contributed by atoms with Crippen molar-refractivity contribution in [2.75, 3.05) is 18.4 Å². The minimum Gasteiger partial charge on any atom is -0.383 e. The Balaban J connectivity index is 2.42. The normalized spacial score (nSPS) is 16.1. The molecule has 1 aliphatic rings. The minimum atomic E-state index is -0.130. The Morgan fingerprint density at radius 2 is 2.17 bits per heavy atom. The van der Waals surface area contributed by atoms with Crippen molar-refractivity contribution in [1.29, 1.82) is 0 Å². The zero-order valence-electron chi connectivity index (χ0n) is 6.73. The third kappa shape index (κ3) is 1.28. The molecule has 0 unspecified atom stereocenters. The van der Waals surface area contributed by atoms with Gasteiger partial charge in [0.15, 0.2) is 0 Å². The van der Waals surface area contributed by atoms with Crippen LogP contribution in [0.1, 0.15) is 5.56 Å². The zero-order valence-corrected chi connectivity index (χ0v) is 6.73. The quantitative estimate of drug-likeness (QED) is 0.607. The van der Waals surface area contributed by atoms with E-state index < -0.39 is 0 Å². The van der Waals surface area contributed by atoms with Gasteiger partial charge >= 0.3 is 0 Å². The third-order valence-corrected chi connectivity index (χ3v) is 2.04. The standard InChI is InChI=1S/C9H11FN2/c10-8-2-1-3-9-7(8)6-11-4-5-12-9/h1-3,11-12H,4-6H2. The highest BCUT2D eigenvalue weighted by Crippen LogP contribution is 2.19. The number of anilines is 1. The molecule has 0 bridgehead atoms. The van der Waals surface area contributed by atoms with Crippen molar-refractivity contribution in [2.24, 2.45) is 0 Å². The summed E-state index contributed by atoms with van der Waals surface area (Å²) in [6.45, 7) is 2.36. The van der Waals surface area contributed by atoms with Gasteiger partial charge in [0.1, 0.15) is 5.82 Å². The minimum absolute atomic E-state index is 0.130. The van der Waals surface area contributed by atoms with Crippen LogP contribution in [-0.4, -0.2) is 13.1 Å². The van der Waals surface area contributed by atoms with Crippen molar-refractivity contribution < 1.29 is 4.39 Å². The van der Waals surface area contributed by atoms with E-state index in [1.54, 1.807) is 6.07 Å². The average molecular weight is 166 g/mol. The van der Waals surface area contributed by atoms with E-state index in [0.717, 1.165) is 24.3 Å². The molecule has 0 saturated heterocycles. The van der Waals surface area contributed by atoms with E-state index in [2.05, 4.69) is 10.6 Å². The van der Waals surface area contributed by atoms with Crippen LogP contribution in [0, 0.1) is 5.82 Å². The maximum atomic E-state index is 13.2. The second kappa shape index (κ2) is 3.11. The zero-order chi connectivity index (χ0) is 8.39. The van der Waals surface area contributed by atoms with Crippen molar-refractivity contribution in [3.63, 3.8) is 0 Å². The number of rotatable bonds is 0. The van der Waals surface area contributed by atoms with Crippen molar-refractivity contribution in [3.8, 4) is 0 Å². The summed E-state index contributed by atoms with van der Waals surface area (Å²) >= 11 is 0. The van der Waals surface area contributed by atoms with Gasteiger partial charge in [-0.25, -0.2) is 4.39 Å². The summed E-state index contributed by atoms with van der Waals surface area (Å²) in [6.07, 6.45) is 0. The molecule has 12 heavy (non-hydrogen) atoms. The molecule has 1 aliphatic heterocycles. The smallest absolute Gasteiger partial charge is 0.129 e. The maximum Gasteiger partial charge on any atom is 0.129 e. The van der Waals surface area contributed by atoms with Crippen molar-refractivity contribution in [2.45, 2.75) is 6.54 Å². The second-order valence-electron chi connectivity index (χ2n) is 2.87. The van der Waals surface area contributed by atoms with Crippen LogP contribution < -0.4 is 10.6 Å². The summed E-state index contributed by atoms with van der Waals surface area (Å²) in [5.74, 6) is -0.130. The van der Waals surface area contributed by atoms with Gasteiger partial charge in [-0.3, -0.25) is 0 Å². The highest BCUT2D eigenvalue weighted by atomic mass is 19.1. The molecule has 2 nitrogen and oxygen atoms in total. The first-order valence-electron chi connectivity index (χ1n) is 4.10. The van der Waals surface area contributed by atoms with Gasteiger partial charge in [0.05, 0.1) is 0 Å². The molecule has 3 heteroatoms.